The highest BCUT2D eigenvalue weighted by atomic mass is 32.1. The predicted octanol–water partition coefficient (Wildman–Crippen LogP) is 2.70. The molecule has 0 saturated heterocycles. The van der Waals surface area contributed by atoms with E-state index in [1.807, 2.05) is 21.0 Å². The van der Waals surface area contributed by atoms with Crippen LogP contribution in [0.5, 0.6) is 0 Å². The molecule has 0 radical (unpaired) electrons. The molecule has 0 bridgehead atoms. The van der Waals surface area contributed by atoms with Crippen molar-refractivity contribution >= 4 is 22.2 Å². The van der Waals surface area contributed by atoms with Crippen molar-refractivity contribution in [2.45, 2.75) is 6.92 Å². The maximum Gasteiger partial charge on any atom is 0.205 e. The summed E-state index contributed by atoms with van der Waals surface area (Å²) in [7, 11) is 4.06. The summed E-state index contributed by atoms with van der Waals surface area (Å²) >= 11 is 1.58. The fourth-order valence-electron chi connectivity index (χ4n) is 1.46. The Morgan fingerprint density at radius 3 is 2.47 bits per heavy atom. The fourth-order valence-corrected chi connectivity index (χ4v) is 2.28. The molecular formula is C12H16N4S. The summed E-state index contributed by atoms with van der Waals surface area (Å²) in [4.78, 5) is 2.08. The first-order chi connectivity index (χ1) is 8.20. The third-order valence-electron chi connectivity index (χ3n) is 2.38. The number of nitrogens with zero attached hydrogens (tertiary/aromatic N) is 3. The molecule has 90 valence electrons. The molecule has 0 saturated carbocycles. The van der Waals surface area contributed by atoms with Crippen molar-refractivity contribution in [2.24, 2.45) is 0 Å². The van der Waals surface area contributed by atoms with Crippen LogP contribution < -0.4 is 10.2 Å². The second-order valence-electron chi connectivity index (χ2n) is 3.88. The topological polar surface area (TPSA) is 41.1 Å². The van der Waals surface area contributed by atoms with E-state index in [0.29, 0.717) is 0 Å². The van der Waals surface area contributed by atoms with Crippen LogP contribution in [-0.4, -0.2) is 30.8 Å². The summed E-state index contributed by atoms with van der Waals surface area (Å²) < 4.78 is 0. The van der Waals surface area contributed by atoms with Gasteiger partial charge in [-0.2, -0.15) is 0 Å². The first kappa shape index (κ1) is 11.9. The zero-order valence-electron chi connectivity index (χ0n) is 10.3. The van der Waals surface area contributed by atoms with Crippen LogP contribution in [0, 0.1) is 0 Å². The second-order valence-corrected chi connectivity index (χ2v) is 4.86. The van der Waals surface area contributed by atoms with E-state index in [1.165, 1.54) is 5.69 Å². The smallest absolute Gasteiger partial charge is 0.205 e. The van der Waals surface area contributed by atoms with Crippen LogP contribution >= 0.6 is 11.3 Å². The molecular weight excluding hydrogens is 232 g/mol. The van der Waals surface area contributed by atoms with E-state index < -0.39 is 0 Å². The monoisotopic (exact) mass is 248 g/mol. The van der Waals surface area contributed by atoms with Crippen molar-refractivity contribution in [2.75, 3.05) is 30.9 Å². The quantitative estimate of drug-likeness (QED) is 0.903. The summed E-state index contributed by atoms with van der Waals surface area (Å²) in [6.07, 6.45) is 0. The highest BCUT2D eigenvalue weighted by molar-refractivity contribution is 7.18. The number of anilines is 2. The van der Waals surface area contributed by atoms with Gasteiger partial charge < -0.3 is 10.2 Å². The van der Waals surface area contributed by atoms with Gasteiger partial charge in [0.2, 0.25) is 5.13 Å². The van der Waals surface area contributed by atoms with Crippen molar-refractivity contribution in [1.29, 1.82) is 0 Å². The highest BCUT2D eigenvalue weighted by Crippen LogP contribution is 2.27. The SMILES string of the molecule is CCNc1nnc(-c2ccc(N(C)C)cc2)s1. The molecule has 5 heteroatoms. The number of nitrogens with one attached hydrogen (secondary N) is 1. The molecule has 0 aliphatic heterocycles. The summed E-state index contributed by atoms with van der Waals surface area (Å²) in [5.74, 6) is 0. The lowest BCUT2D eigenvalue weighted by Gasteiger charge is -2.11. The lowest BCUT2D eigenvalue weighted by molar-refractivity contribution is 1.07. The summed E-state index contributed by atoms with van der Waals surface area (Å²) in [5, 5.41) is 13.2. The van der Waals surface area contributed by atoms with Crippen molar-refractivity contribution in [3.05, 3.63) is 24.3 Å². The maximum atomic E-state index is 4.17. The largest absolute Gasteiger partial charge is 0.378 e. The highest BCUT2D eigenvalue weighted by Gasteiger charge is 2.05. The molecule has 1 aromatic heterocycles. The molecule has 0 aliphatic carbocycles. The Morgan fingerprint density at radius 1 is 1.18 bits per heavy atom. The van der Waals surface area contributed by atoms with Crippen LogP contribution in [0.25, 0.3) is 10.6 Å². The van der Waals surface area contributed by atoms with Gasteiger partial charge in [0.25, 0.3) is 0 Å². The predicted molar refractivity (Wildman–Crippen MR) is 73.8 cm³/mol. The molecule has 0 spiro atoms. The normalized spacial score (nSPS) is 10.3. The molecule has 0 fully saturated rings. The van der Waals surface area contributed by atoms with E-state index in [4.69, 9.17) is 0 Å². The summed E-state index contributed by atoms with van der Waals surface area (Å²) in [6, 6.07) is 8.32. The molecule has 1 aromatic carbocycles. The van der Waals surface area contributed by atoms with Crippen LogP contribution in [0.4, 0.5) is 10.8 Å². The van der Waals surface area contributed by atoms with Crippen LogP contribution in [0.15, 0.2) is 24.3 Å². The molecule has 0 aliphatic rings. The van der Waals surface area contributed by atoms with Gasteiger partial charge in [-0.05, 0) is 31.2 Å². The minimum Gasteiger partial charge on any atom is -0.378 e. The van der Waals surface area contributed by atoms with Crippen molar-refractivity contribution in [1.82, 2.24) is 10.2 Å². The molecule has 0 amide bonds. The van der Waals surface area contributed by atoms with Gasteiger partial charge in [0.05, 0.1) is 0 Å². The Kier molecular flexibility index (Phi) is 3.58. The lowest BCUT2D eigenvalue weighted by Crippen LogP contribution is -2.07. The van der Waals surface area contributed by atoms with Gasteiger partial charge in [-0.25, -0.2) is 0 Å². The zero-order chi connectivity index (χ0) is 12.3. The minimum absolute atomic E-state index is 0.869. The zero-order valence-corrected chi connectivity index (χ0v) is 11.1. The number of rotatable bonds is 4. The maximum absolute atomic E-state index is 4.17. The molecule has 1 N–H and O–H groups in total. The minimum atomic E-state index is 0.869. The number of aromatic nitrogens is 2. The Morgan fingerprint density at radius 2 is 1.88 bits per heavy atom. The van der Waals surface area contributed by atoms with Crippen molar-refractivity contribution < 1.29 is 0 Å². The Hall–Kier alpha value is -1.62. The average Bonchev–Trinajstić information content (AvgIpc) is 2.78. The van der Waals surface area contributed by atoms with Crippen LogP contribution in [0.3, 0.4) is 0 Å². The van der Waals surface area contributed by atoms with Gasteiger partial charge in [0.1, 0.15) is 5.01 Å². The number of hydrogen-bond donors (Lipinski definition) is 1. The van der Waals surface area contributed by atoms with Gasteiger partial charge in [-0.15, -0.1) is 10.2 Å². The fraction of sp³-hybridized carbons (Fsp3) is 0.333. The Bertz CT molecular complexity index is 476. The third kappa shape index (κ3) is 2.74. The molecule has 0 unspecified atom stereocenters. The molecule has 17 heavy (non-hydrogen) atoms. The first-order valence-corrected chi connectivity index (χ1v) is 6.37. The van der Waals surface area contributed by atoms with E-state index in [9.17, 15) is 0 Å². The second kappa shape index (κ2) is 5.14. The lowest BCUT2D eigenvalue weighted by atomic mass is 10.2. The number of hydrogen-bond acceptors (Lipinski definition) is 5. The Balaban J connectivity index is 2.21. The van der Waals surface area contributed by atoms with E-state index in [1.54, 1.807) is 11.3 Å². The van der Waals surface area contributed by atoms with E-state index in [-0.39, 0.29) is 0 Å². The van der Waals surface area contributed by atoms with Crippen molar-refractivity contribution in [3.8, 4) is 10.6 Å². The van der Waals surface area contributed by atoms with Gasteiger partial charge in [-0.1, -0.05) is 11.3 Å². The van der Waals surface area contributed by atoms with Gasteiger partial charge in [0, 0.05) is 31.9 Å². The van der Waals surface area contributed by atoms with Crippen LogP contribution in [0.2, 0.25) is 0 Å². The van der Waals surface area contributed by atoms with Crippen LogP contribution in [0.1, 0.15) is 6.92 Å². The third-order valence-corrected chi connectivity index (χ3v) is 3.31. The molecule has 2 rings (SSSR count). The standard InChI is InChI=1S/C12H16N4S/c1-4-13-12-15-14-11(17-12)9-5-7-10(8-6-9)16(2)3/h5-8H,4H2,1-3H3,(H,13,15). The summed E-state index contributed by atoms with van der Waals surface area (Å²) in [6.45, 7) is 2.92. The molecule has 1 heterocycles. The summed E-state index contributed by atoms with van der Waals surface area (Å²) in [5.41, 5.74) is 2.29. The van der Waals surface area contributed by atoms with Gasteiger partial charge in [-0.3, -0.25) is 0 Å². The van der Waals surface area contributed by atoms with Gasteiger partial charge >= 0.3 is 0 Å². The van der Waals surface area contributed by atoms with Gasteiger partial charge in [0.15, 0.2) is 0 Å². The average molecular weight is 248 g/mol. The Labute approximate surface area is 105 Å². The van der Waals surface area contributed by atoms with Crippen LogP contribution in [-0.2, 0) is 0 Å². The molecule has 4 nitrogen and oxygen atoms in total. The number of benzene rings is 1. The molecule has 2 aromatic rings. The van der Waals surface area contributed by atoms with Crippen molar-refractivity contribution in [3.63, 3.8) is 0 Å². The van der Waals surface area contributed by atoms with E-state index in [0.717, 1.165) is 22.2 Å². The van der Waals surface area contributed by atoms with E-state index in [2.05, 4.69) is 44.7 Å². The molecule has 0 atom stereocenters. The first-order valence-electron chi connectivity index (χ1n) is 5.56. The van der Waals surface area contributed by atoms with E-state index >= 15 is 0 Å².